The Labute approximate surface area is 125 Å². The maximum atomic E-state index is 12.1. The first-order valence-corrected chi connectivity index (χ1v) is 7.68. The van der Waals surface area contributed by atoms with Crippen LogP contribution in [0.1, 0.15) is 25.8 Å². The molecule has 0 saturated heterocycles. The standard InChI is InChI=1S/C14H16N4O2S/c1-8(13(19)16-9-4-5-9)18-14(20)10(15)7-11(17-18)12-3-2-6-21-12/h2-3,6-9H,4-5,15H2,1H3,(H,16,19)/t8-/m0/s1. The fourth-order valence-corrected chi connectivity index (χ4v) is 2.68. The molecule has 7 heteroatoms. The minimum absolute atomic E-state index is 0.0967. The number of hydrogen-bond donors (Lipinski definition) is 2. The van der Waals surface area contributed by atoms with Gasteiger partial charge in [-0.25, -0.2) is 4.68 Å². The predicted molar refractivity (Wildman–Crippen MR) is 82.1 cm³/mol. The van der Waals surface area contributed by atoms with Crippen LogP contribution in [0.15, 0.2) is 28.4 Å². The molecule has 110 valence electrons. The fourth-order valence-electron chi connectivity index (χ4n) is 2.00. The number of nitrogens with two attached hydrogens (primary N) is 1. The molecule has 1 atom stereocenters. The lowest BCUT2D eigenvalue weighted by Crippen LogP contribution is -2.38. The Bertz CT molecular complexity index is 719. The van der Waals surface area contributed by atoms with Gasteiger partial charge in [-0.15, -0.1) is 11.3 Å². The number of carbonyl (C=O) groups is 1. The summed E-state index contributed by atoms with van der Waals surface area (Å²) in [5.41, 5.74) is 6.04. The van der Waals surface area contributed by atoms with Crippen molar-refractivity contribution in [2.75, 3.05) is 5.73 Å². The van der Waals surface area contributed by atoms with Crippen LogP contribution in [0.5, 0.6) is 0 Å². The normalized spacial score (nSPS) is 15.7. The van der Waals surface area contributed by atoms with E-state index in [9.17, 15) is 9.59 Å². The first-order chi connectivity index (χ1) is 10.1. The number of aromatic nitrogens is 2. The van der Waals surface area contributed by atoms with Gasteiger partial charge in [0.25, 0.3) is 5.56 Å². The molecule has 1 fully saturated rings. The fraction of sp³-hybridized carbons (Fsp3) is 0.357. The van der Waals surface area contributed by atoms with E-state index in [-0.39, 0.29) is 17.6 Å². The molecule has 0 unspecified atom stereocenters. The predicted octanol–water partition coefficient (Wildman–Crippen LogP) is 1.39. The molecule has 2 heterocycles. The number of carbonyl (C=O) groups excluding carboxylic acids is 1. The highest BCUT2D eigenvalue weighted by Crippen LogP contribution is 2.24. The van der Waals surface area contributed by atoms with Gasteiger partial charge in [-0.2, -0.15) is 5.10 Å². The molecule has 3 N–H and O–H groups in total. The van der Waals surface area contributed by atoms with Crippen molar-refractivity contribution in [1.29, 1.82) is 0 Å². The van der Waals surface area contributed by atoms with Crippen molar-refractivity contribution >= 4 is 22.9 Å². The maximum Gasteiger partial charge on any atom is 0.290 e. The van der Waals surface area contributed by atoms with Crippen molar-refractivity contribution in [2.45, 2.75) is 31.8 Å². The summed E-state index contributed by atoms with van der Waals surface area (Å²) in [5, 5.41) is 9.10. The van der Waals surface area contributed by atoms with Crippen LogP contribution >= 0.6 is 11.3 Å². The number of nitrogens with one attached hydrogen (secondary N) is 1. The summed E-state index contributed by atoms with van der Waals surface area (Å²) in [4.78, 5) is 25.2. The van der Waals surface area contributed by atoms with Gasteiger partial charge >= 0.3 is 0 Å². The molecule has 0 spiro atoms. The van der Waals surface area contributed by atoms with Crippen molar-refractivity contribution in [3.8, 4) is 10.6 Å². The first-order valence-electron chi connectivity index (χ1n) is 6.80. The highest BCUT2D eigenvalue weighted by atomic mass is 32.1. The zero-order valence-electron chi connectivity index (χ0n) is 11.6. The zero-order chi connectivity index (χ0) is 15.0. The number of nitrogens with zero attached hydrogens (tertiary/aromatic N) is 2. The second kappa shape index (κ2) is 5.33. The van der Waals surface area contributed by atoms with Crippen LogP contribution in [0, 0.1) is 0 Å². The number of amides is 1. The number of thiophene rings is 1. The van der Waals surface area contributed by atoms with E-state index in [0.717, 1.165) is 17.7 Å². The zero-order valence-corrected chi connectivity index (χ0v) is 12.4. The average molecular weight is 304 g/mol. The van der Waals surface area contributed by atoms with Gasteiger partial charge in [-0.05, 0) is 37.3 Å². The van der Waals surface area contributed by atoms with Crippen molar-refractivity contribution < 1.29 is 4.79 Å². The summed E-state index contributed by atoms with van der Waals surface area (Å²) in [6.45, 7) is 1.66. The van der Waals surface area contributed by atoms with Crippen molar-refractivity contribution in [2.24, 2.45) is 0 Å². The van der Waals surface area contributed by atoms with Crippen LogP contribution in [-0.2, 0) is 4.79 Å². The molecule has 1 aliphatic carbocycles. The Hall–Kier alpha value is -2.15. The second-order valence-corrected chi connectivity index (χ2v) is 6.12. The van der Waals surface area contributed by atoms with Gasteiger partial charge in [0.05, 0.1) is 4.88 Å². The smallest absolute Gasteiger partial charge is 0.290 e. The molecule has 1 amide bonds. The van der Waals surface area contributed by atoms with Gasteiger partial charge in [0, 0.05) is 6.04 Å². The summed E-state index contributed by atoms with van der Waals surface area (Å²) in [5.74, 6) is -0.199. The Balaban J connectivity index is 1.96. The van der Waals surface area contributed by atoms with E-state index in [1.54, 1.807) is 13.0 Å². The number of rotatable bonds is 4. The van der Waals surface area contributed by atoms with Crippen LogP contribution in [0.25, 0.3) is 10.6 Å². The first kappa shape index (κ1) is 13.8. The summed E-state index contributed by atoms with van der Waals surface area (Å²) in [7, 11) is 0. The third kappa shape index (κ3) is 2.82. The Kier molecular flexibility index (Phi) is 3.50. The van der Waals surface area contributed by atoms with Crippen molar-refractivity contribution in [3.63, 3.8) is 0 Å². The minimum atomic E-state index is -0.680. The van der Waals surface area contributed by atoms with E-state index in [0.29, 0.717) is 5.69 Å². The molecule has 6 nitrogen and oxygen atoms in total. The second-order valence-electron chi connectivity index (χ2n) is 5.17. The highest BCUT2D eigenvalue weighted by Gasteiger charge is 2.27. The van der Waals surface area contributed by atoms with E-state index in [2.05, 4.69) is 10.4 Å². The van der Waals surface area contributed by atoms with E-state index >= 15 is 0 Å². The Morgan fingerprint density at radius 2 is 2.33 bits per heavy atom. The molecule has 0 bridgehead atoms. The maximum absolute atomic E-state index is 12.1. The van der Waals surface area contributed by atoms with Crippen molar-refractivity contribution in [1.82, 2.24) is 15.1 Å². The third-order valence-electron chi connectivity index (χ3n) is 3.41. The number of hydrogen-bond acceptors (Lipinski definition) is 5. The van der Waals surface area contributed by atoms with E-state index in [1.165, 1.54) is 16.0 Å². The topological polar surface area (TPSA) is 90.0 Å². The van der Waals surface area contributed by atoms with Gasteiger partial charge in [0.15, 0.2) is 0 Å². The average Bonchev–Trinajstić information content (AvgIpc) is 3.10. The highest BCUT2D eigenvalue weighted by molar-refractivity contribution is 7.13. The summed E-state index contributed by atoms with van der Waals surface area (Å²) >= 11 is 1.51. The summed E-state index contributed by atoms with van der Waals surface area (Å²) in [6, 6.07) is 4.91. The van der Waals surface area contributed by atoms with Gasteiger partial charge in [0.2, 0.25) is 5.91 Å². The van der Waals surface area contributed by atoms with Crippen LogP contribution in [0.2, 0.25) is 0 Å². The molecule has 1 aliphatic rings. The molecule has 0 aromatic carbocycles. The quantitative estimate of drug-likeness (QED) is 0.893. The van der Waals surface area contributed by atoms with Crippen LogP contribution < -0.4 is 16.6 Å². The van der Waals surface area contributed by atoms with Gasteiger partial charge in [-0.1, -0.05) is 6.07 Å². The minimum Gasteiger partial charge on any atom is -0.394 e. The van der Waals surface area contributed by atoms with Crippen molar-refractivity contribution in [3.05, 3.63) is 33.9 Å². The molecular formula is C14H16N4O2S. The van der Waals surface area contributed by atoms with Gasteiger partial charge in [-0.3, -0.25) is 9.59 Å². The number of nitrogen functional groups attached to an aromatic ring is 1. The summed E-state index contributed by atoms with van der Waals surface area (Å²) < 4.78 is 1.17. The van der Waals surface area contributed by atoms with Gasteiger partial charge < -0.3 is 11.1 Å². The molecule has 0 radical (unpaired) electrons. The lowest BCUT2D eigenvalue weighted by Gasteiger charge is -2.15. The number of anilines is 1. The molecular weight excluding hydrogens is 288 g/mol. The van der Waals surface area contributed by atoms with Crippen LogP contribution in [-0.4, -0.2) is 21.7 Å². The molecule has 1 saturated carbocycles. The Morgan fingerprint density at radius 1 is 1.57 bits per heavy atom. The van der Waals surface area contributed by atoms with E-state index in [4.69, 9.17) is 5.73 Å². The Morgan fingerprint density at radius 3 is 2.95 bits per heavy atom. The molecule has 2 aromatic heterocycles. The van der Waals surface area contributed by atoms with Crippen LogP contribution in [0.4, 0.5) is 5.69 Å². The van der Waals surface area contributed by atoms with Crippen LogP contribution in [0.3, 0.4) is 0 Å². The lowest BCUT2D eigenvalue weighted by atomic mass is 10.2. The van der Waals surface area contributed by atoms with E-state index < -0.39 is 11.6 Å². The SMILES string of the molecule is C[C@@H](C(=O)NC1CC1)n1nc(-c2cccs2)cc(N)c1=O. The lowest BCUT2D eigenvalue weighted by molar-refractivity contribution is -0.124. The third-order valence-corrected chi connectivity index (χ3v) is 4.30. The summed E-state index contributed by atoms with van der Waals surface area (Å²) in [6.07, 6.45) is 2.00. The van der Waals surface area contributed by atoms with Gasteiger partial charge in [0.1, 0.15) is 17.4 Å². The molecule has 2 aromatic rings. The van der Waals surface area contributed by atoms with E-state index in [1.807, 2.05) is 17.5 Å². The molecule has 3 rings (SSSR count). The largest absolute Gasteiger partial charge is 0.394 e. The molecule has 0 aliphatic heterocycles. The molecule has 21 heavy (non-hydrogen) atoms. The monoisotopic (exact) mass is 304 g/mol.